The third-order valence-electron chi connectivity index (χ3n) is 5.01. The number of hydrogen-bond donors (Lipinski definition) is 2. The molecule has 6 heteroatoms. The smallest absolute Gasteiger partial charge is 0.245 e. The molecule has 0 saturated heterocycles. The summed E-state index contributed by atoms with van der Waals surface area (Å²) in [5.41, 5.74) is 8.33. The molecule has 2 aromatic heterocycles. The number of hydrogen-bond acceptors (Lipinski definition) is 4. The van der Waals surface area contributed by atoms with E-state index >= 15 is 0 Å². The van der Waals surface area contributed by atoms with Crippen LogP contribution in [-0.2, 0) is 4.79 Å². The molecule has 0 bridgehead atoms. The minimum atomic E-state index is -0.781. The van der Waals surface area contributed by atoms with Crippen LogP contribution in [0.5, 0.6) is 0 Å². The van der Waals surface area contributed by atoms with Crippen LogP contribution >= 0.6 is 11.3 Å². The standard InChI is InChI=1S/C21H20FN3OS/c22-16-5-3-14(4-6-16)17-13-18(25-20(26)21(23)9-1-2-10-21)27-19(17)15-7-11-24-12-8-15/h3-8,11-13H,1-2,9-10,23H2,(H,25,26). The molecule has 0 unspecified atom stereocenters. The van der Waals surface area contributed by atoms with Crippen molar-refractivity contribution in [3.05, 3.63) is 60.7 Å². The van der Waals surface area contributed by atoms with Crippen molar-refractivity contribution in [3.63, 3.8) is 0 Å². The first-order valence-electron chi connectivity index (χ1n) is 8.96. The summed E-state index contributed by atoms with van der Waals surface area (Å²) in [4.78, 5) is 17.8. The van der Waals surface area contributed by atoms with E-state index in [2.05, 4.69) is 10.3 Å². The van der Waals surface area contributed by atoms with Gasteiger partial charge in [0.05, 0.1) is 10.5 Å². The van der Waals surface area contributed by atoms with Crippen molar-refractivity contribution in [2.24, 2.45) is 5.73 Å². The van der Waals surface area contributed by atoms with E-state index < -0.39 is 5.54 Å². The van der Waals surface area contributed by atoms with Gasteiger partial charge in [-0.1, -0.05) is 25.0 Å². The molecule has 138 valence electrons. The predicted octanol–water partition coefficient (Wildman–Crippen LogP) is 4.83. The lowest BCUT2D eigenvalue weighted by atomic mass is 9.98. The molecule has 0 aliphatic heterocycles. The van der Waals surface area contributed by atoms with Crippen molar-refractivity contribution >= 4 is 22.2 Å². The Balaban J connectivity index is 1.71. The van der Waals surface area contributed by atoms with Gasteiger partial charge >= 0.3 is 0 Å². The van der Waals surface area contributed by atoms with Crippen LogP contribution < -0.4 is 11.1 Å². The summed E-state index contributed by atoms with van der Waals surface area (Å²) in [5.74, 6) is -0.410. The first-order chi connectivity index (χ1) is 13.0. The lowest BCUT2D eigenvalue weighted by molar-refractivity contribution is -0.120. The van der Waals surface area contributed by atoms with E-state index in [1.807, 2.05) is 18.2 Å². The van der Waals surface area contributed by atoms with E-state index in [9.17, 15) is 9.18 Å². The summed E-state index contributed by atoms with van der Waals surface area (Å²) in [6, 6.07) is 12.1. The summed E-state index contributed by atoms with van der Waals surface area (Å²) < 4.78 is 13.3. The third kappa shape index (κ3) is 3.63. The van der Waals surface area contributed by atoms with Gasteiger partial charge in [0.15, 0.2) is 0 Å². The molecular formula is C21H20FN3OS. The Hall–Kier alpha value is -2.57. The van der Waals surface area contributed by atoms with Crippen LogP contribution in [0.1, 0.15) is 25.7 Å². The predicted molar refractivity (Wildman–Crippen MR) is 107 cm³/mol. The highest BCUT2D eigenvalue weighted by Crippen LogP contribution is 2.42. The SMILES string of the molecule is NC1(C(=O)Nc2cc(-c3ccc(F)cc3)c(-c3ccncc3)s2)CCCC1. The fourth-order valence-corrected chi connectivity index (χ4v) is 4.56. The monoisotopic (exact) mass is 381 g/mol. The molecule has 2 heterocycles. The molecule has 0 radical (unpaired) electrons. The second-order valence-electron chi connectivity index (χ2n) is 6.91. The zero-order valence-corrected chi connectivity index (χ0v) is 15.6. The molecule has 1 aliphatic carbocycles. The number of benzene rings is 1. The quantitative estimate of drug-likeness (QED) is 0.680. The highest BCUT2D eigenvalue weighted by atomic mass is 32.1. The van der Waals surface area contributed by atoms with Crippen LogP contribution in [0.3, 0.4) is 0 Å². The molecule has 3 N–H and O–H groups in total. The van der Waals surface area contributed by atoms with E-state index in [0.29, 0.717) is 12.8 Å². The Labute approximate surface area is 161 Å². The summed E-state index contributed by atoms with van der Waals surface area (Å²) in [7, 11) is 0. The van der Waals surface area contributed by atoms with Gasteiger partial charge in [0.25, 0.3) is 0 Å². The number of aromatic nitrogens is 1. The fourth-order valence-electron chi connectivity index (χ4n) is 3.48. The molecule has 1 fully saturated rings. The normalized spacial score (nSPS) is 15.6. The number of carbonyl (C=O) groups excluding carboxylic acids is 1. The molecule has 4 rings (SSSR count). The fraction of sp³-hybridized carbons (Fsp3) is 0.238. The number of halogens is 1. The second kappa shape index (κ2) is 7.21. The molecule has 1 aromatic carbocycles. The van der Waals surface area contributed by atoms with Gasteiger partial charge in [0, 0.05) is 22.8 Å². The molecular weight excluding hydrogens is 361 g/mol. The summed E-state index contributed by atoms with van der Waals surface area (Å²) >= 11 is 1.49. The average Bonchev–Trinajstić information content (AvgIpc) is 3.31. The van der Waals surface area contributed by atoms with E-state index in [-0.39, 0.29) is 11.7 Å². The lowest BCUT2D eigenvalue weighted by Gasteiger charge is -2.21. The molecule has 0 atom stereocenters. The maximum atomic E-state index is 13.3. The van der Waals surface area contributed by atoms with Gasteiger partial charge in [-0.15, -0.1) is 11.3 Å². The van der Waals surface area contributed by atoms with Gasteiger partial charge in [0.2, 0.25) is 5.91 Å². The van der Waals surface area contributed by atoms with Gasteiger partial charge in [-0.2, -0.15) is 0 Å². The van der Waals surface area contributed by atoms with Crippen molar-refractivity contribution in [1.82, 2.24) is 4.98 Å². The third-order valence-corrected chi connectivity index (χ3v) is 6.11. The van der Waals surface area contributed by atoms with Gasteiger partial charge in [-0.25, -0.2) is 4.39 Å². The molecule has 1 aliphatic rings. The number of carbonyl (C=O) groups is 1. The number of nitrogens with two attached hydrogens (primary N) is 1. The number of pyridine rings is 1. The number of nitrogens with one attached hydrogen (secondary N) is 1. The maximum Gasteiger partial charge on any atom is 0.245 e. The molecule has 0 spiro atoms. The first kappa shape index (κ1) is 17.8. The van der Waals surface area contributed by atoms with Gasteiger partial charge in [-0.05, 0) is 54.3 Å². The number of nitrogens with zero attached hydrogens (tertiary/aromatic N) is 1. The summed E-state index contributed by atoms with van der Waals surface area (Å²) in [6.45, 7) is 0. The highest BCUT2D eigenvalue weighted by Gasteiger charge is 2.37. The van der Waals surface area contributed by atoms with Crippen LogP contribution in [0.25, 0.3) is 21.6 Å². The Morgan fingerprint density at radius 3 is 2.41 bits per heavy atom. The van der Waals surface area contributed by atoms with Crippen LogP contribution in [0.2, 0.25) is 0 Å². The minimum Gasteiger partial charge on any atom is -0.317 e. The number of thiophene rings is 1. The minimum absolute atomic E-state index is 0.131. The van der Waals surface area contributed by atoms with E-state index in [1.54, 1.807) is 24.5 Å². The topological polar surface area (TPSA) is 68.0 Å². The number of amides is 1. The number of anilines is 1. The Kier molecular flexibility index (Phi) is 4.76. The van der Waals surface area contributed by atoms with Gasteiger partial charge < -0.3 is 11.1 Å². The molecule has 1 saturated carbocycles. The van der Waals surface area contributed by atoms with Crippen LogP contribution in [-0.4, -0.2) is 16.4 Å². The van der Waals surface area contributed by atoms with Crippen LogP contribution in [0.4, 0.5) is 9.39 Å². The lowest BCUT2D eigenvalue weighted by Crippen LogP contribution is -2.48. The molecule has 4 nitrogen and oxygen atoms in total. The first-order valence-corrected chi connectivity index (χ1v) is 9.77. The van der Waals surface area contributed by atoms with E-state index in [0.717, 1.165) is 39.4 Å². The van der Waals surface area contributed by atoms with Crippen LogP contribution in [0.15, 0.2) is 54.9 Å². The van der Waals surface area contributed by atoms with E-state index in [1.165, 1.54) is 23.5 Å². The van der Waals surface area contributed by atoms with Crippen LogP contribution in [0, 0.1) is 5.82 Å². The van der Waals surface area contributed by atoms with E-state index in [4.69, 9.17) is 5.73 Å². The summed E-state index contributed by atoms with van der Waals surface area (Å²) in [5, 5.41) is 3.74. The summed E-state index contributed by atoms with van der Waals surface area (Å²) in [6.07, 6.45) is 6.86. The van der Waals surface area contributed by atoms with Gasteiger partial charge in [0.1, 0.15) is 5.82 Å². The van der Waals surface area contributed by atoms with Crippen molar-refractivity contribution in [2.75, 3.05) is 5.32 Å². The Bertz CT molecular complexity index is 947. The molecule has 3 aromatic rings. The van der Waals surface area contributed by atoms with Gasteiger partial charge in [-0.3, -0.25) is 9.78 Å². The van der Waals surface area contributed by atoms with Crippen molar-refractivity contribution in [3.8, 4) is 21.6 Å². The Morgan fingerprint density at radius 1 is 1.07 bits per heavy atom. The van der Waals surface area contributed by atoms with Crippen molar-refractivity contribution in [1.29, 1.82) is 0 Å². The zero-order valence-electron chi connectivity index (χ0n) is 14.7. The van der Waals surface area contributed by atoms with Crippen molar-refractivity contribution in [2.45, 2.75) is 31.2 Å². The molecule has 1 amide bonds. The highest BCUT2D eigenvalue weighted by molar-refractivity contribution is 7.20. The average molecular weight is 381 g/mol. The zero-order chi connectivity index (χ0) is 18.9. The maximum absolute atomic E-state index is 13.3. The van der Waals surface area contributed by atoms with Crippen molar-refractivity contribution < 1.29 is 9.18 Å². The second-order valence-corrected chi connectivity index (χ2v) is 7.97. The number of rotatable bonds is 4. The Morgan fingerprint density at radius 2 is 1.74 bits per heavy atom. The largest absolute Gasteiger partial charge is 0.317 e. The molecule has 27 heavy (non-hydrogen) atoms.